The summed E-state index contributed by atoms with van der Waals surface area (Å²) in [7, 11) is 1.52. The number of benzene rings is 3. The van der Waals surface area contributed by atoms with E-state index in [1.165, 1.54) is 17.5 Å². The number of aryl methyl sites for hydroxylation is 2. The molecule has 6 rings (SSSR count). The summed E-state index contributed by atoms with van der Waals surface area (Å²) < 4.78 is 5.71. The highest BCUT2D eigenvalue weighted by Crippen LogP contribution is 2.34. The predicted octanol–water partition coefficient (Wildman–Crippen LogP) is 6.71. The standard InChI is InChI=1S/C56H76N8O7/c1-6-64(47-20-31-71-32-21-47)52-35-46(34-49(42(52)4)54(68)59-36-50-40(2)33-41(3)60-55(50)69)44-18-16-43(17-19-44)37-63-28-26-62(27-29-63)25-24-57-22-9-7-8-10-23-58-51-15-11-13-45(38-66)53(51)56(70)61(5)48(39-67)14-12-30-65/h11,13,15-19,30,33-35,38-39,47-48,57-58H,6-10,12,14,20-29,31-32,36-37H2,1-5H3,(H,59,68)(H,60,69). The Hall–Kier alpha value is -6.00. The van der Waals surface area contributed by atoms with Crippen molar-refractivity contribution in [2.24, 2.45) is 0 Å². The zero-order valence-electron chi connectivity index (χ0n) is 42.7. The lowest BCUT2D eigenvalue weighted by molar-refractivity contribution is -0.112. The van der Waals surface area contributed by atoms with E-state index in [1.807, 2.05) is 32.9 Å². The first-order valence-electron chi connectivity index (χ1n) is 25.7. The number of piperazine rings is 1. The summed E-state index contributed by atoms with van der Waals surface area (Å²) in [5, 5.41) is 10.0. The van der Waals surface area contributed by atoms with Crippen LogP contribution in [0, 0.1) is 20.8 Å². The molecule has 2 fully saturated rings. The number of carbonyl (C=O) groups excluding carboxylic acids is 5. The monoisotopic (exact) mass is 973 g/mol. The number of nitrogens with zero attached hydrogens (tertiary/aromatic N) is 4. The Bertz CT molecular complexity index is 2460. The minimum absolute atomic E-state index is 0.147. The number of rotatable bonds is 27. The highest BCUT2D eigenvalue weighted by atomic mass is 16.5. The molecule has 0 aliphatic carbocycles. The van der Waals surface area contributed by atoms with Crippen LogP contribution in [-0.4, -0.2) is 142 Å². The van der Waals surface area contributed by atoms with E-state index < -0.39 is 11.9 Å². The van der Waals surface area contributed by atoms with E-state index in [0.717, 1.165) is 151 Å². The van der Waals surface area contributed by atoms with Crippen molar-refractivity contribution in [2.45, 2.75) is 104 Å². The molecule has 4 N–H and O–H groups in total. The Kier molecular flexibility index (Phi) is 21.1. The topological polar surface area (TPSA) is 176 Å². The van der Waals surface area contributed by atoms with E-state index in [4.69, 9.17) is 4.74 Å². The highest BCUT2D eigenvalue weighted by Gasteiger charge is 2.27. The van der Waals surface area contributed by atoms with Gasteiger partial charge in [0.2, 0.25) is 0 Å². The lowest BCUT2D eigenvalue weighted by atomic mass is 9.94. The SMILES string of the molecule is CCN(c1cc(-c2ccc(CN3CCN(CCNCCCCCCNc4cccc(C=O)c4C(=O)N(C)C(C=O)CCC=O)CC3)cc2)cc(C(=O)NCc2c(C)cc(C)[nH]c2=O)c1C)C1CCOCC1. The van der Waals surface area contributed by atoms with Crippen LogP contribution in [0.5, 0.6) is 0 Å². The fourth-order valence-corrected chi connectivity index (χ4v) is 9.91. The maximum Gasteiger partial charge on any atom is 0.257 e. The Balaban J connectivity index is 0.931. The Morgan fingerprint density at radius 1 is 0.873 bits per heavy atom. The first-order valence-corrected chi connectivity index (χ1v) is 25.7. The largest absolute Gasteiger partial charge is 0.384 e. The lowest BCUT2D eigenvalue weighted by Crippen LogP contribution is -2.47. The molecule has 382 valence electrons. The number of anilines is 2. The van der Waals surface area contributed by atoms with Gasteiger partial charge in [0.15, 0.2) is 6.29 Å². The molecule has 2 amide bonds. The molecular weight excluding hydrogens is 897 g/mol. The maximum atomic E-state index is 14.0. The first-order chi connectivity index (χ1) is 34.5. The number of hydrogen-bond donors (Lipinski definition) is 4. The number of ether oxygens (including phenoxy) is 1. The number of amides is 2. The summed E-state index contributed by atoms with van der Waals surface area (Å²) >= 11 is 0. The van der Waals surface area contributed by atoms with Crippen molar-refractivity contribution < 1.29 is 28.7 Å². The van der Waals surface area contributed by atoms with Crippen LogP contribution in [-0.2, 0) is 27.4 Å². The Morgan fingerprint density at radius 2 is 1.59 bits per heavy atom. The molecule has 71 heavy (non-hydrogen) atoms. The third kappa shape index (κ3) is 15.0. The number of likely N-dealkylation sites (N-methyl/N-ethyl adjacent to an activating group) is 1. The molecule has 15 nitrogen and oxygen atoms in total. The molecule has 0 bridgehead atoms. The maximum absolute atomic E-state index is 14.0. The normalized spacial score (nSPS) is 14.9. The third-order valence-electron chi connectivity index (χ3n) is 14.2. The molecular formula is C56H76N8O7. The summed E-state index contributed by atoms with van der Waals surface area (Å²) in [4.78, 5) is 86.2. The molecule has 2 saturated heterocycles. The first kappa shape index (κ1) is 54.3. The van der Waals surface area contributed by atoms with Crippen LogP contribution in [0.25, 0.3) is 11.1 Å². The lowest BCUT2D eigenvalue weighted by Gasteiger charge is -2.37. The van der Waals surface area contributed by atoms with Crippen LogP contribution in [0.3, 0.4) is 0 Å². The van der Waals surface area contributed by atoms with Crippen molar-refractivity contribution in [1.29, 1.82) is 0 Å². The van der Waals surface area contributed by atoms with Gasteiger partial charge < -0.3 is 45.1 Å². The van der Waals surface area contributed by atoms with Crippen LogP contribution in [0.1, 0.15) is 117 Å². The van der Waals surface area contributed by atoms with E-state index in [2.05, 4.69) is 72.9 Å². The number of carbonyl (C=O) groups is 5. The molecule has 1 unspecified atom stereocenters. The van der Waals surface area contributed by atoms with Gasteiger partial charge in [-0.3, -0.25) is 29.0 Å². The number of aromatic nitrogens is 1. The second-order valence-electron chi connectivity index (χ2n) is 19.1. The number of aromatic amines is 1. The van der Waals surface area contributed by atoms with Gasteiger partial charge in [-0.25, -0.2) is 0 Å². The second-order valence-corrected chi connectivity index (χ2v) is 19.1. The van der Waals surface area contributed by atoms with Crippen LogP contribution < -0.4 is 26.4 Å². The molecule has 4 aromatic rings. The molecule has 0 spiro atoms. The highest BCUT2D eigenvalue weighted by molar-refractivity contribution is 6.06. The Labute approximate surface area is 420 Å². The van der Waals surface area contributed by atoms with E-state index in [-0.39, 0.29) is 42.0 Å². The smallest absolute Gasteiger partial charge is 0.257 e. The van der Waals surface area contributed by atoms with Gasteiger partial charge >= 0.3 is 0 Å². The minimum Gasteiger partial charge on any atom is -0.384 e. The van der Waals surface area contributed by atoms with Gasteiger partial charge in [0, 0.05) is 132 Å². The molecule has 0 saturated carbocycles. The molecule has 1 atom stereocenters. The van der Waals surface area contributed by atoms with Gasteiger partial charge in [-0.2, -0.15) is 0 Å². The van der Waals surface area contributed by atoms with E-state index in [1.54, 1.807) is 18.2 Å². The van der Waals surface area contributed by atoms with Gasteiger partial charge in [-0.1, -0.05) is 49.2 Å². The van der Waals surface area contributed by atoms with Crippen molar-refractivity contribution in [2.75, 3.05) is 89.4 Å². The number of pyridine rings is 1. The van der Waals surface area contributed by atoms with Crippen LogP contribution >= 0.6 is 0 Å². The van der Waals surface area contributed by atoms with Crippen molar-refractivity contribution in [1.82, 2.24) is 30.3 Å². The van der Waals surface area contributed by atoms with Gasteiger partial charge in [0.05, 0.1) is 11.6 Å². The van der Waals surface area contributed by atoms with Crippen molar-refractivity contribution >= 4 is 42.0 Å². The average molecular weight is 973 g/mol. The fraction of sp³-hybridized carbons (Fsp3) is 0.500. The van der Waals surface area contributed by atoms with Gasteiger partial charge in [-0.15, -0.1) is 0 Å². The van der Waals surface area contributed by atoms with Crippen LogP contribution in [0.15, 0.2) is 65.5 Å². The number of unbranched alkanes of at least 4 members (excludes halogenated alkanes) is 3. The van der Waals surface area contributed by atoms with Gasteiger partial charge in [0.1, 0.15) is 12.6 Å². The predicted molar refractivity (Wildman–Crippen MR) is 282 cm³/mol. The summed E-state index contributed by atoms with van der Waals surface area (Å²) in [6, 6.07) is 19.6. The Morgan fingerprint density at radius 3 is 2.27 bits per heavy atom. The number of hydrogen-bond acceptors (Lipinski definition) is 12. The number of aldehydes is 3. The average Bonchev–Trinajstić information content (AvgIpc) is 3.38. The summed E-state index contributed by atoms with van der Waals surface area (Å²) in [5.41, 5.74) is 8.99. The van der Waals surface area contributed by atoms with Crippen molar-refractivity contribution in [3.8, 4) is 11.1 Å². The number of H-pyrrole nitrogens is 1. The quantitative estimate of drug-likeness (QED) is 0.0368. The molecule has 3 heterocycles. The van der Waals surface area contributed by atoms with E-state index >= 15 is 0 Å². The van der Waals surface area contributed by atoms with Crippen molar-refractivity contribution in [3.63, 3.8) is 0 Å². The second kappa shape index (κ2) is 27.6. The number of nitrogens with one attached hydrogen (secondary N) is 4. The van der Waals surface area contributed by atoms with Crippen molar-refractivity contribution in [3.05, 3.63) is 116 Å². The third-order valence-corrected chi connectivity index (χ3v) is 14.2. The van der Waals surface area contributed by atoms with E-state index in [9.17, 15) is 28.8 Å². The zero-order chi connectivity index (χ0) is 50.7. The van der Waals surface area contributed by atoms with Crippen LogP contribution in [0.4, 0.5) is 11.4 Å². The molecule has 15 heteroatoms. The minimum atomic E-state index is -0.750. The van der Waals surface area contributed by atoms with E-state index in [0.29, 0.717) is 42.0 Å². The molecule has 3 aromatic carbocycles. The summed E-state index contributed by atoms with van der Waals surface area (Å²) in [5.74, 6) is -0.630. The van der Waals surface area contributed by atoms with Crippen LogP contribution in [0.2, 0.25) is 0 Å². The fourth-order valence-electron chi connectivity index (χ4n) is 9.91. The molecule has 1 aromatic heterocycles. The summed E-state index contributed by atoms with van der Waals surface area (Å²) in [6.07, 6.45) is 8.39. The zero-order valence-corrected chi connectivity index (χ0v) is 42.7. The summed E-state index contributed by atoms with van der Waals surface area (Å²) in [6.45, 7) is 18.9. The van der Waals surface area contributed by atoms with Gasteiger partial charge in [-0.05, 0) is 118 Å². The molecule has 2 aliphatic rings. The molecule has 2 aliphatic heterocycles. The van der Waals surface area contributed by atoms with Gasteiger partial charge in [0.25, 0.3) is 17.4 Å². The molecule has 0 radical (unpaired) electrons.